The van der Waals surface area contributed by atoms with Gasteiger partial charge in [-0.1, -0.05) is 43.3 Å². The van der Waals surface area contributed by atoms with Crippen molar-refractivity contribution in [1.82, 2.24) is 4.90 Å². The minimum Gasteiger partial charge on any atom is -0.493 e. The lowest BCUT2D eigenvalue weighted by molar-refractivity contribution is 0.0473. The zero-order valence-corrected chi connectivity index (χ0v) is 18.6. The highest BCUT2D eigenvalue weighted by Gasteiger charge is 2.47. The molecule has 3 rings (SSSR count). The summed E-state index contributed by atoms with van der Waals surface area (Å²) in [6, 6.07) is 16.7. The highest BCUT2D eigenvalue weighted by atomic mass is 16.5. The van der Waals surface area contributed by atoms with Crippen LogP contribution in [0.3, 0.4) is 0 Å². The largest absolute Gasteiger partial charge is 0.493 e. The summed E-state index contributed by atoms with van der Waals surface area (Å²) in [6.45, 7) is 12.9. The van der Waals surface area contributed by atoms with E-state index in [4.69, 9.17) is 9.47 Å². The molecule has 0 aromatic heterocycles. The molecule has 0 amide bonds. The zero-order valence-electron chi connectivity index (χ0n) is 18.6. The number of benzene rings is 2. The molecule has 1 N–H and O–H groups in total. The summed E-state index contributed by atoms with van der Waals surface area (Å²) in [6.07, 6.45) is -0.414. The third-order valence-electron chi connectivity index (χ3n) is 6.01. The van der Waals surface area contributed by atoms with Crippen molar-refractivity contribution >= 4 is 0 Å². The van der Waals surface area contributed by atoms with Gasteiger partial charge in [-0.25, -0.2) is 0 Å². The highest BCUT2D eigenvalue weighted by Crippen LogP contribution is 2.47. The SMILES string of the molecule is COc1ccc(C2CN(Cc3ccccc3)CC2(C)C(C)O)cc1OC(C)(C)C. The van der Waals surface area contributed by atoms with Crippen molar-refractivity contribution in [3.8, 4) is 11.5 Å². The number of nitrogens with zero attached hydrogens (tertiary/aromatic N) is 1. The number of likely N-dealkylation sites (tertiary alicyclic amines) is 1. The van der Waals surface area contributed by atoms with Crippen LogP contribution in [0, 0.1) is 5.41 Å². The first-order valence-corrected chi connectivity index (χ1v) is 10.4. The Bertz CT molecular complexity index is 813. The van der Waals surface area contributed by atoms with Crippen molar-refractivity contribution in [3.63, 3.8) is 0 Å². The van der Waals surface area contributed by atoms with E-state index >= 15 is 0 Å². The average Bonchev–Trinajstić information content (AvgIpc) is 2.99. The Balaban J connectivity index is 1.91. The van der Waals surface area contributed by atoms with Crippen LogP contribution in [0.15, 0.2) is 48.5 Å². The molecule has 1 saturated heterocycles. The predicted molar refractivity (Wildman–Crippen MR) is 118 cm³/mol. The molecule has 1 aliphatic heterocycles. The number of hydrogen-bond donors (Lipinski definition) is 1. The van der Waals surface area contributed by atoms with Crippen LogP contribution in [0.2, 0.25) is 0 Å². The van der Waals surface area contributed by atoms with Gasteiger partial charge in [0.25, 0.3) is 0 Å². The number of hydrogen-bond acceptors (Lipinski definition) is 4. The van der Waals surface area contributed by atoms with Gasteiger partial charge in [0.1, 0.15) is 5.60 Å². The second-order valence-corrected chi connectivity index (χ2v) is 9.51. The summed E-state index contributed by atoms with van der Waals surface area (Å²) >= 11 is 0. The molecule has 0 saturated carbocycles. The van der Waals surface area contributed by atoms with E-state index in [0.717, 1.165) is 31.1 Å². The molecule has 0 bridgehead atoms. The molecule has 2 aromatic rings. The Morgan fingerprint density at radius 2 is 1.83 bits per heavy atom. The van der Waals surface area contributed by atoms with Gasteiger partial charge in [0.05, 0.1) is 13.2 Å². The Kier molecular flexibility index (Phi) is 6.25. The Morgan fingerprint density at radius 1 is 1.14 bits per heavy atom. The van der Waals surface area contributed by atoms with Crippen molar-refractivity contribution in [2.45, 2.75) is 58.8 Å². The standard InChI is InChI=1S/C25H35NO3/c1-18(27)25(5)17-26(15-19-10-8-7-9-11-19)16-21(25)20-12-13-22(28-6)23(14-20)29-24(2,3)4/h7-14,18,21,27H,15-17H2,1-6H3. The Labute approximate surface area is 175 Å². The average molecular weight is 398 g/mol. The molecule has 3 atom stereocenters. The summed E-state index contributed by atoms with van der Waals surface area (Å²) in [5, 5.41) is 10.7. The summed E-state index contributed by atoms with van der Waals surface area (Å²) in [5.74, 6) is 1.70. The maximum Gasteiger partial charge on any atom is 0.162 e. The monoisotopic (exact) mass is 397 g/mol. The second-order valence-electron chi connectivity index (χ2n) is 9.51. The fourth-order valence-corrected chi connectivity index (χ4v) is 4.31. The molecule has 0 spiro atoms. The topological polar surface area (TPSA) is 41.9 Å². The van der Waals surface area contributed by atoms with Gasteiger partial charge >= 0.3 is 0 Å². The molecule has 1 heterocycles. The Hall–Kier alpha value is -2.04. The van der Waals surface area contributed by atoms with E-state index in [9.17, 15) is 5.11 Å². The third-order valence-corrected chi connectivity index (χ3v) is 6.01. The van der Waals surface area contributed by atoms with Crippen LogP contribution >= 0.6 is 0 Å². The maximum atomic E-state index is 10.7. The van der Waals surface area contributed by atoms with E-state index < -0.39 is 6.10 Å². The van der Waals surface area contributed by atoms with Crippen LogP contribution in [0.1, 0.15) is 51.7 Å². The fraction of sp³-hybridized carbons (Fsp3) is 0.520. The molecular formula is C25H35NO3. The summed E-state index contributed by atoms with van der Waals surface area (Å²) in [7, 11) is 1.67. The van der Waals surface area contributed by atoms with Gasteiger partial charge in [-0.15, -0.1) is 0 Å². The van der Waals surface area contributed by atoms with Gasteiger partial charge < -0.3 is 14.6 Å². The fourth-order valence-electron chi connectivity index (χ4n) is 4.31. The van der Waals surface area contributed by atoms with Crippen molar-refractivity contribution in [3.05, 3.63) is 59.7 Å². The number of aliphatic hydroxyl groups excluding tert-OH is 1. The van der Waals surface area contributed by atoms with E-state index in [1.165, 1.54) is 11.1 Å². The van der Waals surface area contributed by atoms with Gasteiger partial charge in [0.15, 0.2) is 11.5 Å². The van der Waals surface area contributed by atoms with E-state index in [2.05, 4.69) is 48.2 Å². The van der Waals surface area contributed by atoms with E-state index in [0.29, 0.717) is 0 Å². The van der Waals surface area contributed by atoms with Gasteiger partial charge in [-0.3, -0.25) is 4.90 Å². The molecule has 0 aliphatic carbocycles. The van der Waals surface area contributed by atoms with E-state index in [1.807, 2.05) is 39.8 Å². The van der Waals surface area contributed by atoms with Crippen LogP contribution in [-0.4, -0.2) is 41.9 Å². The van der Waals surface area contributed by atoms with Crippen LogP contribution in [-0.2, 0) is 6.54 Å². The van der Waals surface area contributed by atoms with Gasteiger partial charge in [-0.05, 0) is 51.0 Å². The van der Waals surface area contributed by atoms with Gasteiger partial charge in [0, 0.05) is 31.0 Å². The normalized spacial score (nSPS) is 23.8. The van der Waals surface area contributed by atoms with Crippen molar-refractivity contribution in [2.24, 2.45) is 5.41 Å². The number of methoxy groups -OCH3 is 1. The molecule has 4 heteroatoms. The van der Waals surface area contributed by atoms with Crippen LogP contribution in [0.5, 0.6) is 11.5 Å². The predicted octanol–water partition coefficient (Wildman–Crippen LogP) is 4.86. The molecule has 1 fully saturated rings. The summed E-state index contributed by atoms with van der Waals surface area (Å²) in [4.78, 5) is 2.45. The lowest BCUT2D eigenvalue weighted by Crippen LogP contribution is -2.37. The quantitative estimate of drug-likeness (QED) is 0.756. The second kappa shape index (κ2) is 8.37. The van der Waals surface area contributed by atoms with E-state index in [-0.39, 0.29) is 16.9 Å². The first-order chi connectivity index (χ1) is 13.6. The van der Waals surface area contributed by atoms with Gasteiger partial charge in [-0.2, -0.15) is 0 Å². The number of ether oxygens (including phenoxy) is 2. The number of rotatable bonds is 6. The molecule has 4 nitrogen and oxygen atoms in total. The minimum atomic E-state index is -0.414. The molecule has 2 aromatic carbocycles. The van der Waals surface area contributed by atoms with Crippen molar-refractivity contribution in [1.29, 1.82) is 0 Å². The molecule has 29 heavy (non-hydrogen) atoms. The molecule has 158 valence electrons. The van der Waals surface area contributed by atoms with Crippen molar-refractivity contribution < 1.29 is 14.6 Å². The lowest BCUT2D eigenvalue weighted by Gasteiger charge is -2.34. The first kappa shape index (κ1) is 21.7. The highest BCUT2D eigenvalue weighted by molar-refractivity contribution is 5.45. The smallest absolute Gasteiger partial charge is 0.162 e. The zero-order chi connectivity index (χ0) is 21.2. The maximum absolute atomic E-state index is 10.7. The van der Waals surface area contributed by atoms with Crippen LogP contribution < -0.4 is 9.47 Å². The first-order valence-electron chi connectivity index (χ1n) is 10.4. The molecule has 0 radical (unpaired) electrons. The van der Waals surface area contributed by atoms with E-state index in [1.54, 1.807) is 7.11 Å². The van der Waals surface area contributed by atoms with Crippen molar-refractivity contribution in [2.75, 3.05) is 20.2 Å². The number of aliphatic hydroxyl groups is 1. The van der Waals surface area contributed by atoms with Crippen LogP contribution in [0.25, 0.3) is 0 Å². The van der Waals surface area contributed by atoms with Gasteiger partial charge in [0.2, 0.25) is 0 Å². The molecule has 3 unspecified atom stereocenters. The molecule has 1 aliphatic rings. The minimum absolute atomic E-state index is 0.208. The third kappa shape index (κ3) is 4.93. The summed E-state index contributed by atoms with van der Waals surface area (Å²) in [5.41, 5.74) is 1.94. The Morgan fingerprint density at radius 3 is 2.41 bits per heavy atom. The summed E-state index contributed by atoms with van der Waals surface area (Å²) < 4.78 is 11.7. The lowest BCUT2D eigenvalue weighted by atomic mass is 9.72. The molecular weight excluding hydrogens is 362 g/mol. The van der Waals surface area contributed by atoms with Crippen LogP contribution in [0.4, 0.5) is 0 Å².